The Kier molecular flexibility index (Phi) is 4.06. The number of hydrazine groups is 1. The van der Waals surface area contributed by atoms with E-state index in [2.05, 4.69) is 10.7 Å². The lowest BCUT2D eigenvalue weighted by Gasteiger charge is -2.25. The SMILES string of the molecule is NNc1ccc([N+](=O)[O-])c(S(=O)(=O)N2CCNC(=O)C2)c1. The molecule has 0 unspecified atom stereocenters. The van der Waals surface area contributed by atoms with Gasteiger partial charge in [0, 0.05) is 19.2 Å². The van der Waals surface area contributed by atoms with Crippen LogP contribution in [0.25, 0.3) is 0 Å². The summed E-state index contributed by atoms with van der Waals surface area (Å²) >= 11 is 0. The number of nitrogens with zero attached hydrogens (tertiary/aromatic N) is 2. The van der Waals surface area contributed by atoms with Gasteiger partial charge in [-0.2, -0.15) is 4.31 Å². The quantitative estimate of drug-likeness (QED) is 0.366. The van der Waals surface area contributed by atoms with E-state index in [1.165, 1.54) is 6.07 Å². The van der Waals surface area contributed by atoms with Gasteiger partial charge < -0.3 is 10.7 Å². The van der Waals surface area contributed by atoms with Crippen molar-refractivity contribution >= 4 is 27.3 Å². The number of piperazine rings is 1. The minimum Gasteiger partial charge on any atom is -0.354 e. The van der Waals surface area contributed by atoms with Gasteiger partial charge in [0.2, 0.25) is 5.91 Å². The number of nitro benzene ring substituents is 1. The Hall–Kier alpha value is -2.24. The van der Waals surface area contributed by atoms with Crippen LogP contribution < -0.4 is 16.6 Å². The highest BCUT2D eigenvalue weighted by molar-refractivity contribution is 7.89. The number of anilines is 1. The molecule has 21 heavy (non-hydrogen) atoms. The van der Waals surface area contributed by atoms with Crippen LogP contribution in [0.15, 0.2) is 23.1 Å². The highest BCUT2D eigenvalue weighted by Gasteiger charge is 2.34. The Morgan fingerprint density at radius 1 is 1.43 bits per heavy atom. The van der Waals surface area contributed by atoms with Gasteiger partial charge in [-0.25, -0.2) is 8.42 Å². The Morgan fingerprint density at radius 3 is 2.71 bits per heavy atom. The maximum atomic E-state index is 12.5. The Morgan fingerprint density at radius 2 is 2.14 bits per heavy atom. The van der Waals surface area contributed by atoms with E-state index in [0.717, 1.165) is 16.4 Å². The maximum absolute atomic E-state index is 12.5. The first-order chi connectivity index (χ1) is 9.86. The van der Waals surface area contributed by atoms with Crippen LogP contribution >= 0.6 is 0 Å². The number of benzene rings is 1. The van der Waals surface area contributed by atoms with Gasteiger partial charge in [-0.15, -0.1) is 0 Å². The number of hydrogen-bond donors (Lipinski definition) is 3. The third-order valence-corrected chi connectivity index (χ3v) is 4.82. The zero-order valence-corrected chi connectivity index (χ0v) is 11.6. The number of carbonyl (C=O) groups is 1. The van der Waals surface area contributed by atoms with E-state index in [0.29, 0.717) is 0 Å². The number of nitrogen functional groups attached to an aromatic ring is 1. The molecule has 1 amide bonds. The largest absolute Gasteiger partial charge is 0.354 e. The Bertz CT molecular complexity index is 689. The van der Waals surface area contributed by atoms with Gasteiger partial charge in [0.25, 0.3) is 15.7 Å². The standard InChI is InChI=1S/C10H13N5O5S/c11-13-7-1-2-8(15(17)18)9(5-7)21(19,20)14-4-3-12-10(16)6-14/h1-2,5,13H,3-4,6,11H2,(H,12,16). The maximum Gasteiger partial charge on any atom is 0.289 e. The molecule has 0 spiro atoms. The molecular weight excluding hydrogens is 302 g/mol. The molecule has 10 nitrogen and oxygen atoms in total. The molecule has 114 valence electrons. The van der Waals surface area contributed by atoms with Gasteiger partial charge in [0.05, 0.1) is 17.2 Å². The molecule has 0 aliphatic carbocycles. The first-order valence-corrected chi connectivity index (χ1v) is 7.32. The van der Waals surface area contributed by atoms with Gasteiger partial charge in [-0.1, -0.05) is 0 Å². The highest BCUT2D eigenvalue weighted by Crippen LogP contribution is 2.29. The number of sulfonamides is 1. The smallest absolute Gasteiger partial charge is 0.289 e. The van der Waals surface area contributed by atoms with Crippen LogP contribution in [0.4, 0.5) is 11.4 Å². The van der Waals surface area contributed by atoms with Crippen molar-refractivity contribution in [2.45, 2.75) is 4.90 Å². The van der Waals surface area contributed by atoms with Gasteiger partial charge in [0.15, 0.2) is 4.90 Å². The summed E-state index contributed by atoms with van der Waals surface area (Å²) in [6, 6.07) is 3.41. The van der Waals surface area contributed by atoms with Crippen molar-refractivity contribution in [2.24, 2.45) is 5.84 Å². The topological polar surface area (TPSA) is 148 Å². The molecule has 0 atom stereocenters. The molecule has 1 aromatic rings. The number of nitrogens with one attached hydrogen (secondary N) is 2. The van der Waals surface area contributed by atoms with Gasteiger partial charge in [-0.05, 0) is 12.1 Å². The van der Waals surface area contributed by atoms with Gasteiger partial charge >= 0.3 is 0 Å². The molecule has 0 radical (unpaired) electrons. The van der Waals surface area contributed by atoms with Crippen molar-refractivity contribution in [1.82, 2.24) is 9.62 Å². The zero-order valence-electron chi connectivity index (χ0n) is 10.8. The average Bonchev–Trinajstić information content (AvgIpc) is 2.46. The molecule has 2 rings (SSSR count). The van der Waals surface area contributed by atoms with Crippen LogP contribution in [0.1, 0.15) is 0 Å². The van der Waals surface area contributed by atoms with E-state index in [4.69, 9.17) is 5.84 Å². The molecule has 0 saturated carbocycles. The van der Waals surface area contributed by atoms with E-state index >= 15 is 0 Å². The first-order valence-electron chi connectivity index (χ1n) is 5.88. The second-order valence-corrected chi connectivity index (χ2v) is 6.18. The number of nitro groups is 1. The molecule has 0 bridgehead atoms. The van der Waals surface area contributed by atoms with Crippen LogP contribution in [0, 0.1) is 10.1 Å². The molecule has 1 aromatic carbocycles. The molecule has 1 saturated heterocycles. The summed E-state index contributed by atoms with van der Waals surface area (Å²) in [5, 5.41) is 13.5. The predicted molar refractivity (Wildman–Crippen MR) is 72.7 cm³/mol. The lowest BCUT2D eigenvalue weighted by Crippen LogP contribution is -2.49. The molecule has 1 aliphatic heterocycles. The van der Waals surface area contributed by atoms with Gasteiger partial charge in [-0.3, -0.25) is 20.8 Å². The van der Waals surface area contributed by atoms with Crippen molar-refractivity contribution in [1.29, 1.82) is 0 Å². The Labute approximate surface area is 120 Å². The lowest BCUT2D eigenvalue weighted by molar-refractivity contribution is -0.387. The van der Waals surface area contributed by atoms with Gasteiger partial charge in [0.1, 0.15) is 0 Å². The van der Waals surface area contributed by atoms with E-state index in [1.807, 2.05) is 0 Å². The van der Waals surface area contributed by atoms with Crippen molar-refractivity contribution in [3.8, 4) is 0 Å². The predicted octanol–water partition coefficient (Wildman–Crippen LogP) is -0.999. The van der Waals surface area contributed by atoms with Crippen molar-refractivity contribution in [3.05, 3.63) is 28.3 Å². The fourth-order valence-corrected chi connectivity index (χ4v) is 3.50. The van der Waals surface area contributed by atoms with Crippen LogP contribution in [0.3, 0.4) is 0 Å². The number of hydrogen-bond acceptors (Lipinski definition) is 7. The summed E-state index contributed by atoms with van der Waals surface area (Å²) in [7, 11) is -4.17. The van der Waals surface area contributed by atoms with Crippen LogP contribution in [0.2, 0.25) is 0 Å². The van der Waals surface area contributed by atoms with Crippen molar-refractivity contribution in [2.75, 3.05) is 25.1 Å². The second kappa shape index (κ2) is 5.63. The number of amides is 1. The summed E-state index contributed by atoms with van der Waals surface area (Å²) in [6.45, 7) is -0.175. The fourth-order valence-electron chi connectivity index (χ4n) is 1.92. The summed E-state index contributed by atoms with van der Waals surface area (Å²) in [5.41, 5.74) is 1.87. The number of carbonyl (C=O) groups excluding carboxylic acids is 1. The van der Waals surface area contributed by atoms with Crippen LogP contribution in [0.5, 0.6) is 0 Å². The third kappa shape index (κ3) is 2.94. The molecule has 1 aliphatic rings. The zero-order chi connectivity index (χ0) is 15.6. The summed E-state index contributed by atoms with van der Waals surface area (Å²) in [5.74, 6) is 4.74. The number of nitrogens with two attached hydrogens (primary N) is 1. The van der Waals surface area contributed by atoms with Crippen LogP contribution in [-0.4, -0.2) is 43.2 Å². The van der Waals surface area contributed by atoms with Crippen molar-refractivity contribution < 1.29 is 18.1 Å². The third-order valence-electron chi connectivity index (χ3n) is 2.94. The van der Waals surface area contributed by atoms with Crippen molar-refractivity contribution in [3.63, 3.8) is 0 Å². The highest BCUT2D eigenvalue weighted by atomic mass is 32.2. The second-order valence-electron chi connectivity index (χ2n) is 4.27. The minimum absolute atomic E-state index is 0.0471. The molecule has 1 heterocycles. The first kappa shape index (κ1) is 15.2. The molecule has 4 N–H and O–H groups in total. The monoisotopic (exact) mass is 315 g/mol. The summed E-state index contributed by atoms with van der Waals surface area (Å²) in [6.07, 6.45) is 0. The van der Waals surface area contributed by atoms with E-state index in [9.17, 15) is 23.3 Å². The molecule has 1 fully saturated rings. The molecular formula is C10H13N5O5S. The molecule has 11 heteroatoms. The van der Waals surface area contributed by atoms with Crippen LogP contribution in [-0.2, 0) is 14.8 Å². The van der Waals surface area contributed by atoms with E-state index < -0.39 is 31.4 Å². The normalized spacial score (nSPS) is 16.3. The minimum atomic E-state index is -4.17. The fraction of sp³-hybridized carbons (Fsp3) is 0.300. The Balaban J connectivity index is 2.52. The lowest BCUT2D eigenvalue weighted by atomic mass is 10.3. The number of rotatable bonds is 4. The average molecular weight is 315 g/mol. The summed E-state index contributed by atoms with van der Waals surface area (Å²) < 4.78 is 25.9. The summed E-state index contributed by atoms with van der Waals surface area (Å²) in [4.78, 5) is 21.0. The molecule has 0 aromatic heterocycles. The van der Waals surface area contributed by atoms with E-state index in [-0.39, 0.29) is 25.3 Å². The van der Waals surface area contributed by atoms with E-state index in [1.54, 1.807) is 0 Å².